The van der Waals surface area contributed by atoms with Gasteiger partial charge in [-0.3, -0.25) is 9.69 Å². The molecule has 5 nitrogen and oxygen atoms in total. The highest BCUT2D eigenvalue weighted by Gasteiger charge is 2.26. The molecule has 0 bridgehead atoms. The van der Waals surface area contributed by atoms with Crippen molar-refractivity contribution in [2.24, 2.45) is 0 Å². The molecule has 0 radical (unpaired) electrons. The molecule has 1 atom stereocenters. The second-order valence-electron chi connectivity index (χ2n) is 4.31. The Kier molecular flexibility index (Phi) is 4.04. The standard InChI is InChI=1S/C12H17ClN4O/c1-8-12(18)15-5-6-17(8)7-10-9(13)3-4-11(14-2)16-10/h3-4,8H,5-7H2,1-2H3,(H,14,16)(H,15,18). The van der Waals surface area contributed by atoms with E-state index in [4.69, 9.17) is 11.6 Å². The lowest BCUT2D eigenvalue weighted by atomic mass is 10.2. The lowest BCUT2D eigenvalue weighted by molar-refractivity contribution is -0.128. The molecule has 1 fully saturated rings. The van der Waals surface area contributed by atoms with E-state index in [0.29, 0.717) is 18.1 Å². The van der Waals surface area contributed by atoms with Gasteiger partial charge < -0.3 is 10.6 Å². The maximum Gasteiger partial charge on any atom is 0.237 e. The molecule has 1 aliphatic rings. The van der Waals surface area contributed by atoms with Crippen LogP contribution in [0.2, 0.25) is 5.02 Å². The van der Waals surface area contributed by atoms with E-state index < -0.39 is 0 Å². The van der Waals surface area contributed by atoms with Crippen molar-refractivity contribution < 1.29 is 4.79 Å². The zero-order chi connectivity index (χ0) is 13.1. The van der Waals surface area contributed by atoms with E-state index in [1.54, 1.807) is 0 Å². The van der Waals surface area contributed by atoms with Crippen molar-refractivity contribution >= 4 is 23.3 Å². The molecule has 98 valence electrons. The van der Waals surface area contributed by atoms with Crippen LogP contribution in [-0.4, -0.2) is 42.0 Å². The zero-order valence-corrected chi connectivity index (χ0v) is 11.3. The first-order valence-corrected chi connectivity index (χ1v) is 6.34. The average molecular weight is 269 g/mol. The number of hydrogen-bond acceptors (Lipinski definition) is 4. The molecule has 0 saturated carbocycles. The number of nitrogens with one attached hydrogen (secondary N) is 2. The van der Waals surface area contributed by atoms with Crippen LogP contribution in [0.3, 0.4) is 0 Å². The minimum Gasteiger partial charge on any atom is -0.373 e. The fourth-order valence-corrected chi connectivity index (χ4v) is 2.14. The summed E-state index contributed by atoms with van der Waals surface area (Å²) in [6, 6.07) is 3.51. The summed E-state index contributed by atoms with van der Waals surface area (Å²) < 4.78 is 0. The summed E-state index contributed by atoms with van der Waals surface area (Å²) in [6.45, 7) is 3.97. The number of carbonyl (C=O) groups is 1. The number of hydrogen-bond donors (Lipinski definition) is 2. The molecule has 0 aromatic carbocycles. The van der Waals surface area contributed by atoms with Crippen LogP contribution in [-0.2, 0) is 11.3 Å². The molecule has 1 amide bonds. The van der Waals surface area contributed by atoms with Gasteiger partial charge in [-0.05, 0) is 19.1 Å². The molecular weight excluding hydrogens is 252 g/mol. The van der Waals surface area contributed by atoms with Gasteiger partial charge in [0.1, 0.15) is 5.82 Å². The van der Waals surface area contributed by atoms with E-state index in [1.807, 2.05) is 26.1 Å². The molecule has 0 spiro atoms. The molecule has 1 aliphatic heterocycles. The Labute approximate surface area is 112 Å². The monoisotopic (exact) mass is 268 g/mol. The van der Waals surface area contributed by atoms with Gasteiger partial charge in [-0.25, -0.2) is 4.98 Å². The van der Waals surface area contributed by atoms with Crippen LogP contribution in [0.1, 0.15) is 12.6 Å². The second-order valence-corrected chi connectivity index (χ2v) is 4.72. The van der Waals surface area contributed by atoms with Gasteiger partial charge in [0.15, 0.2) is 0 Å². The number of rotatable bonds is 3. The van der Waals surface area contributed by atoms with Crippen LogP contribution in [0.5, 0.6) is 0 Å². The Bertz CT molecular complexity index is 452. The van der Waals surface area contributed by atoms with Gasteiger partial charge in [-0.2, -0.15) is 0 Å². The third kappa shape index (κ3) is 2.73. The predicted molar refractivity (Wildman–Crippen MR) is 71.7 cm³/mol. The first kappa shape index (κ1) is 13.1. The maximum absolute atomic E-state index is 11.6. The van der Waals surface area contributed by atoms with Crippen LogP contribution in [0.15, 0.2) is 12.1 Å². The van der Waals surface area contributed by atoms with Crippen molar-refractivity contribution in [1.29, 1.82) is 0 Å². The molecule has 0 aliphatic carbocycles. The van der Waals surface area contributed by atoms with Gasteiger partial charge in [0.25, 0.3) is 0 Å². The van der Waals surface area contributed by atoms with Crippen molar-refractivity contribution in [2.75, 3.05) is 25.5 Å². The third-order valence-corrected chi connectivity index (χ3v) is 3.50. The summed E-state index contributed by atoms with van der Waals surface area (Å²) in [5, 5.41) is 6.45. The summed E-state index contributed by atoms with van der Waals surface area (Å²) in [6.07, 6.45) is 0. The fourth-order valence-electron chi connectivity index (χ4n) is 1.97. The maximum atomic E-state index is 11.6. The smallest absolute Gasteiger partial charge is 0.237 e. The van der Waals surface area contributed by atoms with E-state index in [-0.39, 0.29) is 11.9 Å². The topological polar surface area (TPSA) is 57.3 Å². The molecule has 6 heteroatoms. The Morgan fingerprint density at radius 2 is 2.39 bits per heavy atom. The summed E-state index contributed by atoms with van der Waals surface area (Å²) in [4.78, 5) is 18.1. The van der Waals surface area contributed by atoms with Crippen molar-refractivity contribution in [1.82, 2.24) is 15.2 Å². The van der Waals surface area contributed by atoms with Crippen LogP contribution >= 0.6 is 11.6 Å². The van der Waals surface area contributed by atoms with Gasteiger partial charge in [0.05, 0.1) is 16.8 Å². The highest BCUT2D eigenvalue weighted by molar-refractivity contribution is 6.31. The van der Waals surface area contributed by atoms with E-state index in [2.05, 4.69) is 20.5 Å². The zero-order valence-electron chi connectivity index (χ0n) is 10.5. The van der Waals surface area contributed by atoms with E-state index in [0.717, 1.165) is 18.1 Å². The first-order chi connectivity index (χ1) is 8.61. The minimum absolute atomic E-state index is 0.0575. The third-order valence-electron chi connectivity index (χ3n) is 3.15. The van der Waals surface area contributed by atoms with Gasteiger partial charge in [-0.15, -0.1) is 0 Å². The lowest BCUT2D eigenvalue weighted by Gasteiger charge is -2.32. The van der Waals surface area contributed by atoms with Crippen LogP contribution < -0.4 is 10.6 Å². The molecule has 1 saturated heterocycles. The number of carbonyl (C=O) groups excluding carboxylic acids is 1. The number of nitrogens with zero attached hydrogens (tertiary/aromatic N) is 2. The largest absolute Gasteiger partial charge is 0.373 e. The highest BCUT2D eigenvalue weighted by atomic mass is 35.5. The van der Waals surface area contributed by atoms with Gasteiger partial charge in [-0.1, -0.05) is 11.6 Å². The SMILES string of the molecule is CNc1ccc(Cl)c(CN2CCNC(=O)C2C)n1. The Balaban J connectivity index is 2.15. The second kappa shape index (κ2) is 5.54. The highest BCUT2D eigenvalue weighted by Crippen LogP contribution is 2.19. The molecule has 1 aromatic heterocycles. The molecule has 2 heterocycles. The van der Waals surface area contributed by atoms with E-state index >= 15 is 0 Å². The fraction of sp³-hybridized carbons (Fsp3) is 0.500. The molecular formula is C12H17ClN4O. The Morgan fingerprint density at radius 3 is 3.11 bits per heavy atom. The van der Waals surface area contributed by atoms with Crippen molar-refractivity contribution in [3.63, 3.8) is 0 Å². The number of piperazine rings is 1. The van der Waals surface area contributed by atoms with Crippen molar-refractivity contribution in [3.05, 3.63) is 22.8 Å². The number of pyridine rings is 1. The van der Waals surface area contributed by atoms with Crippen molar-refractivity contribution in [3.8, 4) is 0 Å². The van der Waals surface area contributed by atoms with Crippen LogP contribution in [0.4, 0.5) is 5.82 Å². The Hall–Kier alpha value is -1.33. The Morgan fingerprint density at radius 1 is 1.61 bits per heavy atom. The van der Waals surface area contributed by atoms with Gasteiger partial charge in [0, 0.05) is 26.7 Å². The number of amides is 1. The van der Waals surface area contributed by atoms with Crippen LogP contribution in [0, 0.1) is 0 Å². The lowest BCUT2D eigenvalue weighted by Crippen LogP contribution is -2.53. The summed E-state index contributed by atoms with van der Waals surface area (Å²) in [5.41, 5.74) is 0.796. The summed E-state index contributed by atoms with van der Waals surface area (Å²) >= 11 is 6.14. The molecule has 2 N–H and O–H groups in total. The molecule has 1 aromatic rings. The number of aromatic nitrogens is 1. The predicted octanol–water partition coefficient (Wildman–Crippen LogP) is 1.10. The van der Waals surface area contributed by atoms with E-state index in [9.17, 15) is 4.79 Å². The molecule has 1 unspecified atom stereocenters. The number of anilines is 1. The van der Waals surface area contributed by atoms with Gasteiger partial charge >= 0.3 is 0 Å². The van der Waals surface area contributed by atoms with E-state index in [1.165, 1.54) is 0 Å². The quantitative estimate of drug-likeness (QED) is 0.862. The first-order valence-electron chi connectivity index (χ1n) is 5.96. The average Bonchev–Trinajstić information content (AvgIpc) is 2.37. The summed E-state index contributed by atoms with van der Waals surface area (Å²) in [5.74, 6) is 0.839. The normalized spacial score (nSPS) is 20.6. The minimum atomic E-state index is -0.144. The number of halogens is 1. The van der Waals surface area contributed by atoms with Gasteiger partial charge in [0.2, 0.25) is 5.91 Å². The summed E-state index contributed by atoms with van der Waals surface area (Å²) in [7, 11) is 1.82. The molecule has 18 heavy (non-hydrogen) atoms. The van der Waals surface area contributed by atoms with Crippen molar-refractivity contribution in [2.45, 2.75) is 19.5 Å². The van der Waals surface area contributed by atoms with Crippen LogP contribution in [0.25, 0.3) is 0 Å². The molecule has 2 rings (SSSR count).